The highest BCUT2D eigenvalue weighted by atomic mass is 19.4. The van der Waals surface area contributed by atoms with E-state index in [9.17, 15) is 36.3 Å². The van der Waals surface area contributed by atoms with E-state index in [4.69, 9.17) is 4.74 Å². The van der Waals surface area contributed by atoms with Gasteiger partial charge in [0.15, 0.2) is 6.61 Å². The second-order valence-corrected chi connectivity index (χ2v) is 9.27. The summed E-state index contributed by atoms with van der Waals surface area (Å²) in [6, 6.07) is 13.6. The molecule has 2 amide bonds. The molecule has 0 bridgehead atoms. The molecule has 1 aliphatic heterocycles. The van der Waals surface area contributed by atoms with E-state index < -0.39 is 42.8 Å². The number of hydrogen-bond acceptors (Lipinski definition) is 6. The highest BCUT2D eigenvalue weighted by molar-refractivity contribution is 6.02. The summed E-state index contributed by atoms with van der Waals surface area (Å²) in [6.07, 6.45) is -3.98. The SMILES string of the molecule is CNc1ccc(-c2cccc(C(F)(F)F)c2)cc1C(=O)N1CCN(C(=O)COc2ccc(OC(F)F)cc2)CC1C=O. The van der Waals surface area contributed by atoms with Crippen LogP contribution in [-0.4, -0.2) is 73.8 Å². The quantitative estimate of drug-likeness (QED) is 0.280. The molecular weight excluding hydrogens is 565 g/mol. The number of piperazine rings is 1. The van der Waals surface area contributed by atoms with Gasteiger partial charge < -0.3 is 29.4 Å². The second kappa shape index (κ2) is 12.9. The third-order valence-corrected chi connectivity index (χ3v) is 6.64. The molecule has 1 aliphatic rings. The van der Waals surface area contributed by atoms with Crippen molar-refractivity contribution in [1.82, 2.24) is 9.80 Å². The Labute approximate surface area is 237 Å². The lowest BCUT2D eigenvalue weighted by molar-refractivity contribution is -0.138. The van der Waals surface area contributed by atoms with Gasteiger partial charge in [-0.25, -0.2) is 0 Å². The van der Waals surface area contributed by atoms with Crippen LogP contribution in [0, 0.1) is 0 Å². The van der Waals surface area contributed by atoms with Gasteiger partial charge in [-0.15, -0.1) is 0 Å². The molecule has 1 saturated heterocycles. The Hall–Kier alpha value is -4.68. The van der Waals surface area contributed by atoms with Crippen molar-refractivity contribution in [1.29, 1.82) is 0 Å². The zero-order chi connectivity index (χ0) is 30.4. The molecular formula is C29H26F5N3O5. The van der Waals surface area contributed by atoms with Crippen molar-refractivity contribution in [3.8, 4) is 22.6 Å². The lowest BCUT2D eigenvalue weighted by Gasteiger charge is -2.39. The number of carbonyl (C=O) groups is 3. The summed E-state index contributed by atoms with van der Waals surface area (Å²) < 4.78 is 74.0. The minimum atomic E-state index is -4.53. The van der Waals surface area contributed by atoms with Crippen LogP contribution in [0.15, 0.2) is 66.7 Å². The number of anilines is 1. The van der Waals surface area contributed by atoms with Crippen LogP contribution in [0.25, 0.3) is 11.1 Å². The van der Waals surface area contributed by atoms with Crippen molar-refractivity contribution < 1.29 is 45.8 Å². The van der Waals surface area contributed by atoms with Crippen LogP contribution < -0.4 is 14.8 Å². The predicted molar refractivity (Wildman–Crippen MR) is 142 cm³/mol. The first-order valence-corrected chi connectivity index (χ1v) is 12.7. The number of aldehydes is 1. The molecule has 1 fully saturated rings. The number of hydrogen-bond donors (Lipinski definition) is 1. The second-order valence-electron chi connectivity index (χ2n) is 9.27. The Morgan fingerprint density at radius 1 is 1.00 bits per heavy atom. The topological polar surface area (TPSA) is 88.2 Å². The van der Waals surface area contributed by atoms with Gasteiger partial charge in [-0.3, -0.25) is 9.59 Å². The highest BCUT2D eigenvalue weighted by Crippen LogP contribution is 2.33. The number of rotatable bonds is 9. The predicted octanol–water partition coefficient (Wildman–Crippen LogP) is 4.95. The van der Waals surface area contributed by atoms with Crippen molar-refractivity contribution in [3.05, 3.63) is 77.9 Å². The fraction of sp³-hybridized carbons (Fsp3) is 0.276. The normalized spacial score (nSPS) is 15.4. The van der Waals surface area contributed by atoms with Gasteiger partial charge in [0, 0.05) is 32.4 Å². The fourth-order valence-electron chi connectivity index (χ4n) is 4.51. The minimum Gasteiger partial charge on any atom is -0.484 e. The maximum atomic E-state index is 13.6. The van der Waals surface area contributed by atoms with E-state index >= 15 is 0 Å². The summed E-state index contributed by atoms with van der Waals surface area (Å²) in [4.78, 5) is 41.0. The summed E-state index contributed by atoms with van der Waals surface area (Å²) in [5.41, 5.74) is 0.388. The molecule has 4 rings (SSSR count). The average Bonchev–Trinajstić information content (AvgIpc) is 2.99. The van der Waals surface area contributed by atoms with Crippen LogP contribution in [0.2, 0.25) is 0 Å². The van der Waals surface area contributed by atoms with E-state index in [0.717, 1.165) is 12.1 Å². The number of carbonyl (C=O) groups excluding carboxylic acids is 3. The lowest BCUT2D eigenvalue weighted by Crippen LogP contribution is -2.57. The van der Waals surface area contributed by atoms with Gasteiger partial charge in [-0.05, 0) is 59.7 Å². The molecule has 0 aromatic heterocycles. The van der Waals surface area contributed by atoms with Crippen molar-refractivity contribution in [2.24, 2.45) is 0 Å². The molecule has 42 heavy (non-hydrogen) atoms. The van der Waals surface area contributed by atoms with E-state index in [1.54, 1.807) is 19.2 Å². The van der Waals surface area contributed by atoms with Gasteiger partial charge in [0.05, 0.1) is 11.1 Å². The first-order valence-electron chi connectivity index (χ1n) is 12.7. The van der Waals surface area contributed by atoms with Crippen molar-refractivity contribution >= 4 is 23.8 Å². The first-order chi connectivity index (χ1) is 20.0. The molecule has 3 aromatic carbocycles. The molecule has 3 aromatic rings. The largest absolute Gasteiger partial charge is 0.484 e. The van der Waals surface area contributed by atoms with Crippen LogP contribution in [0.3, 0.4) is 0 Å². The Morgan fingerprint density at radius 3 is 2.33 bits per heavy atom. The third-order valence-electron chi connectivity index (χ3n) is 6.64. The lowest BCUT2D eigenvalue weighted by atomic mass is 9.98. The zero-order valence-electron chi connectivity index (χ0n) is 22.2. The molecule has 0 aliphatic carbocycles. The monoisotopic (exact) mass is 591 g/mol. The van der Waals surface area contributed by atoms with Crippen molar-refractivity contribution in [2.45, 2.75) is 18.8 Å². The van der Waals surface area contributed by atoms with Gasteiger partial charge in [0.1, 0.15) is 23.8 Å². The Kier molecular flexibility index (Phi) is 9.28. The number of alkyl halides is 5. The standard InChI is InChI=1S/C29H26F5N3O5/c1-35-25-10-5-19(18-3-2-4-20(13-18)29(32,33)34)14-24(25)27(40)37-12-11-36(15-21(37)16-38)26(39)17-41-22-6-8-23(9-7-22)42-28(30)31/h2-10,13-14,16,21,28,35H,11-12,15,17H2,1H3. The van der Waals surface area contributed by atoms with Crippen molar-refractivity contribution in [3.63, 3.8) is 0 Å². The summed E-state index contributed by atoms with van der Waals surface area (Å²) in [5, 5.41) is 2.89. The summed E-state index contributed by atoms with van der Waals surface area (Å²) >= 11 is 0. The minimum absolute atomic E-state index is 0.0184. The van der Waals surface area contributed by atoms with Crippen LogP contribution in [0.1, 0.15) is 15.9 Å². The van der Waals surface area contributed by atoms with Crippen LogP contribution in [-0.2, 0) is 15.8 Å². The smallest absolute Gasteiger partial charge is 0.416 e. The number of benzene rings is 3. The number of nitrogens with one attached hydrogen (secondary N) is 1. The van der Waals surface area contributed by atoms with Crippen molar-refractivity contribution in [2.75, 3.05) is 38.6 Å². The van der Waals surface area contributed by atoms with E-state index in [1.165, 1.54) is 52.3 Å². The van der Waals surface area contributed by atoms with Gasteiger partial charge in [-0.2, -0.15) is 22.0 Å². The molecule has 13 heteroatoms. The van der Waals surface area contributed by atoms with Crippen LogP contribution in [0.5, 0.6) is 11.5 Å². The summed E-state index contributed by atoms with van der Waals surface area (Å²) in [7, 11) is 1.59. The highest BCUT2D eigenvalue weighted by Gasteiger charge is 2.34. The first kappa shape index (κ1) is 30.3. The Morgan fingerprint density at radius 2 is 1.69 bits per heavy atom. The summed E-state index contributed by atoms with van der Waals surface area (Å²) in [6.45, 7) is -3.34. The van der Waals surface area contributed by atoms with Gasteiger partial charge >= 0.3 is 12.8 Å². The molecule has 8 nitrogen and oxygen atoms in total. The molecule has 1 atom stereocenters. The molecule has 222 valence electrons. The Balaban J connectivity index is 1.45. The Bertz CT molecular complexity index is 1430. The van der Waals surface area contributed by atoms with Crippen LogP contribution >= 0.6 is 0 Å². The molecule has 0 saturated carbocycles. The molecule has 0 radical (unpaired) electrons. The third kappa shape index (κ3) is 7.14. The number of ether oxygens (including phenoxy) is 2. The van der Waals surface area contributed by atoms with Gasteiger partial charge in [0.25, 0.3) is 11.8 Å². The van der Waals surface area contributed by atoms with Crippen LogP contribution in [0.4, 0.5) is 27.6 Å². The zero-order valence-corrected chi connectivity index (χ0v) is 22.2. The average molecular weight is 592 g/mol. The van der Waals surface area contributed by atoms with Gasteiger partial charge in [-0.1, -0.05) is 18.2 Å². The molecule has 0 spiro atoms. The summed E-state index contributed by atoms with van der Waals surface area (Å²) in [5.74, 6) is -0.810. The van der Waals surface area contributed by atoms with E-state index in [2.05, 4.69) is 10.1 Å². The maximum Gasteiger partial charge on any atom is 0.416 e. The number of halogens is 5. The fourth-order valence-corrected chi connectivity index (χ4v) is 4.51. The number of nitrogens with zero attached hydrogens (tertiary/aromatic N) is 2. The van der Waals surface area contributed by atoms with E-state index in [1.807, 2.05) is 0 Å². The van der Waals surface area contributed by atoms with Gasteiger partial charge in [0.2, 0.25) is 0 Å². The molecule has 1 heterocycles. The number of amides is 2. The molecule has 1 unspecified atom stereocenters. The molecule has 1 N–H and O–H groups in total. The van der Waals surface area contributed by atoms with E-state index in [-0.39, 0.29) is 42.3 Å². The van der Waals surface area contributed by atoms with E-state index in [0.29, 0.717) is 17.5 Å². The maximum absolute atomic E-state index is 13.6.